The van der Waals surface area contributed by atoms with Crippen molar-refractivity contribution >= 4 is 11.7 Å². The Morgan fingerprint density at radius 2 is 2.08 bits per heavy atom. The van der Waals surface area contributed by atoms with Crippen molar-refractivity contribution in [3.05, 3.63) is 42.4 Å². The number of nitrogens with one attached hydrogen (secondary N) is 2. The number of piperidine rings is 1. The molecule has 1 spiro atoms. The highest BCUT2D eigenvalue weighted by Gasteiger charge is 2.57. The van der Waals surface area contributed by atoms with E-state index in [-0.39, 0.29) is 17.2 Å². The van der Waals surface area contributed by atoms with E-state index >= 15 is 0 Å². The molecule has 6 nitrogen and oxygen atoms in total. The Balaban J connectivity index is 1.30. The number of anilines is 1. The Bertz CT molecular complexity index is 705. The predicted molar refractivity (Wildman–Crippen MR) is 91.4 cm³/mol. The van der Waals surface area contributed by atoms with E-state index in [0.717, 1.165) is 45.3 Å². The second-order valence-electron chi connectivity index (χ2n) is 6.93. The summed E-state index contributed by atoms with van der Waals surface area (Å²) in [5, 5.41) is 10.8. The summed E-state index contributed by atoms with van der Waals surface area (Å²) >= 11 is 0. The highest BCUT2D eigenvalue weighted by atomic mass is 16.2. The maximum Gasteiger partial charge on any atom is 0.229 e. The van der Waals surface area contributed by atoms with Crippen LogP contribution in [0.4, 0.5) is 5.82 Å². The number of aromatic nitrogens is 3. The molecule has 1 amide bonds. The fourth-order valence-electron chi connectivity index (χ4n) is 3.75. The summed E-state index contributed by atoms with van der Waals surface area (Å²) in [5.41, 5.74) is 1.50. The molecule has 2 fully saturated rings. The molecule has 1 saturated heterocycles. The Hall–Kier alpha value is -2.21. The van der Waals surface area contributed by atoms with Gasteiger partial charge in [0.15, 0.2) is 5.82 Å². The summed E-state index contributed by atoms with van der Waals surface area (Å²) in [5.74, 6) is 0.962. The van der Waals surface area contributed by atoms with Crippen LogP contribution in [0.2, 0.25) is 0 Å². The lowest BCUT2D eigenvalue weighted by Crippen LogP contribution is -2.31. The van der Waals surface area contributed by atoms with E-state index in [4.69, 9.17) is 0 Å². The van der Waals surface area contributed by atoms with Gasteiger partial charge in [-0.2, -0.15) is 5.10 Å². The summed E-state index contributed by atoms with van der Waals surface area (Å²) in [6, 6.07) is 5.90. The van der Waals surface area contributed by atoms with Gasteiger partial charge in [0.2, 0.25) is 5.91 Å². The standard InChI is InChI=1S/C18H23N5O/c24-17(15-13-18(15)5-9-20-10-6-18)21-16-4-12-23(22-16)11-3-14-1-7-19-8-2-14/h1-2,4,7-8,12,15,20H,3,5-6,9-11,13H2,(H,21,22,24). The van der Waals surface area contributed by atoms with E-state index < -0.39 is 0 Å². The highest BCUT2D eigenvalue weighted by molar-refractivity contribution is 5.94. The van der Waals surface area contributed by atoms with Crippen LogP contribution in [0.15, 0.2) is 36.8 Å². The van der Waals surface area contributed by atoms with E-state index in [1.807, 2.05) is 29.1 Å². The van der Waals surface area contributed by atoms with Crippen molar-refractivity contribution in [1.29, 1.82) is 0 Å². The van der Waals surface area contributed by atoms with Crippen molar-refractivity contribution < 1.29 is 4.79 Å². The monoisotopic (exact) mass is 325 g/mol. The molecule has 6 heteroatoms. The fourth-order valence-corrected chi connectivity index (χ4v) is 3.75. The van der Waals surface area contributed by atoms with Crippen molar-refractivity contribution in [3.8, 4) is 0 Å². The Labute approximate surface area is 141 Å². The molecule has 1 aliphatic heterocycles. The van der Waals surface area contributed by atoms with Gasteiger partial charge in [-0.15, -0.1) is 0 Å². The van der Waals surface area contributed by atoms with E-state index in [9.17, 15) is 4.79 Å². The number of pyridine rings is 1. The van der Waals surface area contributed by atoms with Gasteiger partial charge < -0.3 is 10.6 Å². The molecule has 0 bridgehead atoms. The number of carbonyl (C=O) groups is 1. The summed E-state index contributed by atoms with van der Waals surface area (Å²) in [4.78, 5) is 16.5. The van der Waals surface area contributed by atoms with Crippen LogP contribution >= 0.6 is 0 Å². The highest BCUT2D eigenvalue weighted by Crippen LogP contribution is 2.58. The third-order valence-corrected chi connectivity index (χ3v) is 5.38. The number of aryl methyl sites for hydroxylation is 2. The second kappa shape index (κ2) is 6.36. The minimum atomic E-state index is 0.135. The van der Waals surface area contributed by atoms with Gasteiger partial charge in [-0.1, -0.05) is 0 Å². The summed E-state index contributed by atoms with van der Waals surface area (Å²) in [6.45, 7) is 2.86. The van der Waals surface area contributed by atoms with E-state index in [2.05, 4.69) is 20.7 Å². The molecular weight excluding hydrogens is 302 g/mol. The van der Waals surface area contributed by atoms with Crippen molar-refractivity contribution in [2.24, 2.45) is 11.3 Å². The zero-order chi connectivity index (χ0) is 16.4. The first-order valence-corrected chi connectivity index (χ1v) is 8.69. The lowest BCUT2D eigenvalue weighted by Gasteiger charge is -2.23. The minimum Gasteiger partial charge on any atom is -0.317 e. The lowest BCUT2D eigenvalue weighted by molar-refractivity contribution is -0.118. The zero-order valence-electron chi connectivity index (χ0n) is 13.7. The van der Waals surface area contributed by atoms with Crippen LogP contribution in [0, 0.1) is 11.3 Å². The first-order valence-electron chi connectivity index (χ1n) is 8.69. The molecule has 3 heterocycles. The Morgan fingerprint density at radius 3 is 2.88 bits per heavy atom. The van der Waals surface area contributed by atoms with Crippen molar-refractivity contribution in [3.63, 3.8) is 0 Å². The molecule has 126 valence electrons. The van der Waals surface area contributed by atoms with Gasteiger partial charge in [0.25, 0.3) is 0 Å². The topological polar surface area (TPSA) is 71.8 Å². The van der Waals surface area contributed by atoms with Gasteiger partial charge in [0, 0.05) is 37.1 Å². The van der Waals surface area contributed by atoms with Gasteiger partial charge in [-0.25, -0.2) is 0 Å². The minimum absolute atomic E-state index is 0.135. The van der Waals surface area contributed by atoms with Crippen LogP contribution in [0.5, 0.6) is 0 Å². The Kier molecular flexibility index (Phi) is 4.06. The Morgan fingerprint density at radius 1 is 1.29 bits per heavy atom. The second-order valence-corrected chi connectivity index (χ2v) is 6.93. The molecule has 2 aromatic heterocycles. The van der Waals surface area contributed by atoms with Crippen molar-refractivity contribution in [1.82, 2.24) is 20.1 Å². The maximum atomic E-state index is 12.4. The maximum absolute atomic E-state index is 12.4. The normalized spacial score (nSPS) is 21.6. The van der Waals surface area contributed by atoms with Crippen molar-refractivity contribution in [2.75, 3.05) is 18.4 Å². The molecular formula is C18H23N5O. The molecule has 2 N–H and O–H groups in total. The third-order valence-electron chi connectivity index (χ3n) is 5.38. The van der Waals surface area contributed by atoms with Gasteiger partial charge >= 0.3 is 0 Å². The third kappa shape index (κ3) is 3.19. The SMILES string of the molecule is O=C(Nc1ccn(CCc2ccncc2)n1)C1CC12CCNCC2. The van der Waals surface area contributed by atoms with Crippen LogP contribution < -0.4 is 10.6 Å². The molecule has 1 saturated carbocycles. The van der Waals surface area contributed by atoms with E-state index in [1.54, 1.807) is 12.4 Å². The van der Waals surface area contributed by atoms with Gasteiger partial charge in [-0.05, 0) is 61.9 Å². The first kappa shape index (κ1) is 15.3. The van der Waals surface area contributed by atoms with Crippen LogP contribution in [0.3, 0.4) is 0 Å². The van der Waals surface area contributed by atoms with Gasteiger partial charge in [0.1, 0.15) is 0 Å². The average Bonchev–Trinajstić information content (AvgIpc) is 3.12. The van der Waals surface area contributed by atoms with E-state index in [1.165, 1.54) is 5.56 Å². The molecule has 2 aliphatic rings. The van der Waals surface area contributed by atoms with Crippen molar-refractivity contribution in [2.45, 2.75) is 32.2 Å². The molecule has 0 radical (unpaired) electrons. The summed E-state index contributed by atoms with van der Waals surface area (Å²) in [6.07, 6.45) is 9.69. The lowest BCUT2D eigenvalue weighted by atomic mass is 9.92. The predicted octanol–water partition coefficient (Wildman–Crippen LogP) is 1.85. The number of amides is 1. The molecule has 0 aromatic carbocycles. The van der Waals surface area contributed by atoms with Crippen LogP contribution in [0.25, 0.3) is 0 Å². The van der Waals surface area contributed by atoms with Gasteiger partial charge in [-0.3, -0.25) is 14.5 Å². The molecule has 24 heavy (non-hydrogen) atoms. The number of hydrogen-bond acceptors (Lipinski definition) is 4. The van der Waals surface area contributed by atoms with E-state index in [0.29, 0.717) is 5.82 Å². The average molecular weight is 325 g/mol. The van der Waals surface area contributed by atoms with Crippen LogP contribution in [-0.4, -0.2) is 33.8 Å². The summed E-state index contributed by atoms with van der Waals surface area (Å²) < 4.78 is 1.88. The summed E-state index contributed by atoms with van der Waals surface area (Å²) in [7, 11) is 0. The van der Waals surface area contributed by atoms with Crippen LogP contribution in [-0.2, 0) is 17.8 Å². The molecule has 1 atom stereocenters. The smallest absolute Gasteiger partial charge is 0.229 e. The number of nitrogens with zero attached hydrogens (tertiary/aromatic N) is 3. The quantitative estimate of drug-likeness (QED) is 0.880. The largest absolute Gasteiger partial charge is 0.317 e. The number of rotatable bonds is 5. The molecule has 1 aliphatic carbocycles. The first-order chi connectivity index (χ1) is 11.8. The molecule has 4 rings (SSSR count). The fraction of sp³-hybridized carbons (Fsp3) is 0.500. The van der Waals surface area contributed by atoms with Crippen LogP contribution in [0.1, 0.15) is 24.8 Å². The molecule has 2 aromatic rings. The zero-order valence-corrected chi connectivity index (χ0v) is 13.7. The number of hydrogen-bond donors (Lipinski definition) is 2. The van der Waals surface area contributed by atoms with Gasteiger partial charge in [0.05, 0.1) is 0 Å². The molecule has 1 unspecified atom stereocenters. The number of carbonyl (C=O) groups excluding carboxylic acids is 1.